The van der Waals surface area contributed by atoms with Crippen LogP contribution in [0.2, 0.25) is 0 Å². The maximum atomic E-state index is 11.0. The van der Waals surface area contributed by atoms with Gasteiger partial charge in [0.15, 0.2) is 0 Å². The molecule has 1 aliphatic carbocycles. The first-order valence-electron chi connectivity index (χ1n) is 11.3. The van der Waals surface area contributed by atoms with Gasteiger partial charge in [-0.05, 0) is 72.7 Å². The van der Waals surface area contributed by atoms with E-state index in [2.05, 4.69) is 30.1 Å². The van der Waals surface area contributed by atoms with Gasteiger partial charge in [0, 0.05) is 12.2 Å². The molecule has 0 spiro atoms. The van der Waals surface area contributed by atoms with E-state index in [1.54, 1.807) is 13.8 Å². The number of carbonyl (C=O) groups is 2. The normalized spacial score (nSPS) is 12.9. The summed E-state index contributed by atoms with van der Waals surface area (Å²) in [5.41, 5.74) is 8.82. The second-order valence-corrected chi connectivity index (χ2v) is 8.80. The van der Waals surface area contributed by atoms with Crippen molar-refractivity contribution < 1.29 is 19.8 Å². The van der Waals surface area contributed by atoms with Gasteiger partial charge in [0.05, 0.1) is 11.8 Å². The summed E-state index contributed by atoms with van der Waals surface area (Å²) in [5.74, 6) is -2.48. The monoisotopic (exact) mass is 457 g/mol. The first-order chi connectivity index (χ1) is 16.2. The van der Waals surface area contributed by atoms with Crippen LogP contribution in [0.5, 0.6) is 0 Å². The van der Waals surface area contributed by atoms with Crippen molar-refractivity contribution >= 4 is 17.6 Å². The number of anilines is 1. The second-order valence-electron chi connectivity index (χ2n) is 8.80. The van der Waals surface area contributed by atoms with Crippen molar-refractivity contribution in [3.05, 3.63) is 101 Å². The van der Waals surface area contributed by atoms with Crippen LogP contribution in [0.4, 0.5) is 5.69 Å². The SMILES string of the molecule is C=C(C)CNc1ccc(C(C)C(=O)O)cc1.CC(C(=O)O)c1ccc2c(c1)Cc1ccccc1-2. The van der Waals surface area contributed by atoms with E-state index >= 15 is 0 Å². The van der Waals surface area contributed by atoms with Crippen LogP contribution in [0.25, 0.3) is 11.1 Å². The van der Waals surface area contributed by atoms with Gasteiger partial charge in [-0.1, -0.05) is 66.7 Å². The fourth-order valence-corrected chi connectivity index (χ4v) is 3.86. The number of carboxylic acid groups (broad SMARTS) is 2. The molecule has 0 saturated heterocycles. The van der Waals surface area contributed by atoms with Gasteiger partial charge in [-0.3, -0.25) is 9.59 Å². The van der Waals surface area contributed by atoms with E-state index < -0.39 is 23.8 Å². The highest BCUT2D eigenvalue weighted by Crippen LogP contribution is 2.37. The molecule has 0 radical (unpaired) electrons. The number of hydrogen-bond donors (Lipinski definition) is 3. The number of hydrogen-bond acceptors (Lipinski definition) is 3. The Morgan fingerprint density at radius 2 is 1.41 bits per heavy atom. The third-order valence-corrected chi connectivity index (χ3v) is 6.06. The summed E-state index contributed by atoms with van der Waals surface area (Å²) in [5, 5.41) is 21.1. The molecule has 0 heterocycles. The van der Waals surface area contributed by atoms with Gasteiger partial charge in [-0.2, -0.15) is 0 Å². The van der Waals surface area contributed by atoms with E-state index in [-0.39, 0.29) is 0 Å². The molecule has 0 bridgehead atoms. The number of aliphatic carboxylic acids is 2. The number of fused-ring (bicyclic) bond motifs is 3. The predicted octanol–water partition coefficient (Wildman–Crippen LogP) is 6.31. The average molecular weight is 458 g/mol. The lowest BCUT2D eigenvalue weighted by atomic mass is 9.96. The summed E-state index contributed by atoms with van der Waals surface area (Å²) in [4.78, 5) is 21.8. The average Bonchev–Trinajstić information content (AvgIpc) is 3.20. The van der Waals surface area contributed by atoms with Gasteiger partial charge < -0.3 is 15.5 Å². The third kappa shape index (κ3) is 5.93. The fourth-order valence-electron chi connectivity index (χ4n) is 3.86. The van der Waals surface area contributed by atoms with Gasteiger partial charge in [-0.25, -0.2) is 0 Å². The van der Waals surface area contributed by atoms with Crippen LogP contribution in [0.1, 0.15) is 54.9 Å². The molecule has 2 unspecified atom stereocenters. The highest BCUT2D eigenvalue weighted by Gasteiger charge is 2.21. The van der Waals surface area contributed by atoms with Gasteiger partial charge in [-0.15, -0.1) is 0 Å². The van der Waals surface area contributed by atoms with Crippen molar-refractivity contribution in [2.24, 2.45) is 0 Å². The number of carboxylic acids is 2. The van der Waals surface area contributed by atoms with Gasteiger partial charge >= 0.3 is 11.9 Å². The molecule has 0 saturated carbocycles. The molecule has 5 nitrogen and oxygen atoms in total. The van der Waals surface area contributed by atoms with Crippen LogP contribution in [0.15, 0.2) is 78.9 Å². The van der Waals surface area contributed by atoms with Crippen LogP contribution in [0, 0.1) is 0 Å². The Balaban J connectivity index is 0.000000192. The second kappa shape index (κ2) is 10.8. The Morgan fingerprint density at radius 1 is 0.853 bits per heavy atom. The van der Waals surface area contributed by atoms with Crippen LogP contribution in [-0.2, 0) is 16.0 Å². The molecule has 3 N–H and O–H groups in total. The Kier molecular flexibility index (Phi) is 7.90. The molecule has 0 aromatic heterocycles. The Labute approximate surface area is 200 Å². The van der Waals surface area contributed by atoms with Crippen molar-refractivity contribution in [2.75, 3.05) is 11.9 Å². The van der Waals surface area contributed by atoms with Crippen LogP contribution in [-0.4, -0.2) is 28.7 Å². The van der Waals surface area contributed by atoms with E-state index in [4.69, 9.17) is 10.2 Å². The molecule has 34 heavy (non-hydrogen) atoms. The molecule has 1 aliphatic rings. The van der Waals surface area contributed by atoms with Crippen molar-refractivity contribution in [1.82, 2.24) is 0 Å². The number of benzene rings is 3. The van der Waals surface area contributed by atoms with Gasteiger partial charge in [0.1, 0.15) is 0 Å². The van der Waals surface area contributed by atoms with E-state index in [1.807, 2.05) is 55.5 Å². The van der Waals surface area contributed by atoms with Gasteiger partial charge in [0.25, 0.3) is 0 Å². The smallest absolute Gasteiger partial charge is 0.310 e. The van der Waals surface area contributed by atoms with E-state index in [1.165, 1.54) is 22.3 Å². The number of rotatable bonds is 7. The van der Waals surface area contributed by atoms with Gasteiger partial charge in [0.2, 0.25) is 0 Å². The summed E-state index contributed by atoms with van der Waals surface area (Å²) in [6.45, 7) is 9.89. The minimum Gasteiger partial charge on any atom is -0.481 e. The number of nitrogens with one attached hydrogen (secondary N) is 1. The lowest BCUT2D eigenvalue weighted by molar-refractivity contribution is -0.139. The standard InChI is InChI=1S/C16H14O2.C13H17NO2/c1-10(16(17)18)11-6-7-15-13(8-11)9-12-4-2-3-5-14(12)15;1-9(2)8-14-12-6-4-11(5-7-12)10(3)13(15)16/h2-8,10H,9H2,1H3,(H,17,18);4-7,10,14H,1,8H2,2-3H3,(H,15,16). The molecular formula is C29H31NO4. The molecule has 0 amide bonds. The summed E-state index contributed by atoms with van der Waals surface area (Å²) < 4.78 is 0. The zero-order valence-electron chi connectivity index (χ0n) is 19.8. The Bertz CT molecular complexity index is 1200. The van der Waals surface area contributed by atoms with E-state index in [0.717, 1.165) is 35.4 Å². The topological polar surface area (TPSA) is 86.6 Å². The molecule has 176 valence electrons. The van der Waals surface area contributed by atoms with E-state index in [0.29, 0.717) is 0 Å². The first-order valence-corrected chi connectivity index (χ1v) is 11.3. The van der Waals surface area contributed by atoms with E-state index in [9.17, 15) is 9.59 Å². The zero-order valence-corrected chi connectivity index (χ0v) is 19.8. The van der Waals surface area contributed by atoms with Crippen molar-refractivity contribution in [3.8, 4) is 11.1 Å². The molecule has 2 atom stereocenters. The van der Waals surface area contributed by atoms with Crippen LogP contribution >= 0.6 is 0 Å². The summed E-state index contributed by atoms with van der Waals surface area (Å²) in [6, 6.07) is 21.8. The molecule has 5 heteroatoms. The Morgan fingerprint density at radius 3 is 2.03 bits per heavy atom. The first kappa shape index (κ1) is 24.8. The molecule has 0 fully saturated rings. The molecule has 4 rings (SSSR count). The van der Waals surface area contributed by atoms with Crippen molar-refractivity contribution in [1.29, 1.82) is 0 Å². The quantitative estimate of drug-likeness (QED) is 0.283. The Hall–Kier alpha value is -3.86. The molecule has 0 aliphatic heterocycles. The van der Waals surface area contributed by atoms with Crippen molar-refractivity contribution in [2.45, 2.75) is 39.0 Å². The highest BCUT2D eigenvalue weighted by molar-refractivity contribution is 5.80. The maximum Gasteiger partial charge on any atom is 0.310 e. The zero-order chi connectivity index (χ0) is 24.8. The fraction of sp³-hybridized carbons (Fsp3) is 0.241. The lowest BCUT2D eigenvalue weighted by Crippen LogP contribution is -2.07. The summed E-state index contributed by atoms with van der Waals surface area (Å²) in [7, 11) is 0. The van der Waals surface area contributed by atoms with Crippen LogP contribution in [0.3, 0.4) is 0 Å². The third-order valence-electron chi connectivity index (χ3n) is 6.06. The lowest BCUT2D eigenvalue weighted by Gasteiger charge is -2.09. The highest BCUT2D eigenvalue weighted by atomic mass is 16.4. The minimum atomic E-state index is -0.803. The van der Waals surface area contributed by atoms with Crippen LogP contribution < -0.4 is 5.32 Å². The molecule has 3 aromatic rings. The van der Waals surface area contributed by atoms with Crippen molar-refractivity contribution in [3.63, 3.8) is 0 Å². The predicted molar refractivity (Wildman–Crippen MR) is 137 cm³/mol. The minimum absolute atomic E-state index is 0.445. The molecule has 3 aromatic carbocycles. The largest absolute Gasteiger partial charge is 0.481 e. The molecular weight excluding hydrogens is 426 g/mol. The maximum absolute atomic E-state index is 11.0. The summed E-state index contributed by atoms with van der Waals surface area (Å²) >= 11 is 0. The summed E-state index contributed by atoms with van der Waals surface area (Å²) in [6.07, 6.45) is 0.908.